The van der Waals surface area contributed by atoms with Gasteiger partial charge in [-0.2, -0.15) is 0 Å². The molecule has 1 saturated heterocycles. The second kappa shape index (κ2) is 7.14. The minimum absolute atomic E-state index is 0.0798. The molecule has 0 aliphatic carbocycles. The van der Waals surface area contributed by atoms with Gasteiger partial charge in [0.2, 0.25) is 0 Å². The van der Waals surface area contributed by atoms with Gasteiger partial charge in [-0.25, -0.2) is 4.79 Å². The Balaban J connectivity index is 2.04. The maximum atomic E-state index is 12.5. The summed E-state index contributed by atoms with van der Waals surface area (Å²) in [6, 6.07) is 5.62. The third kappa shape index (κ3) is 4.35. The van der Waals surface area contributed by atoms with Gasteiger partial charge in [0.05, 0.1) is 19.3 Å². The summed E-state index contributed by atoms with van der Waals surface area (Å²) in [5.74, 6) is 0.529. The van der Waals surface area contributed by atoms with Crippen LogP contribution in [0.2, 0.25) is 5.02 Å². The average molecular weight is 311 g/mol. The van der Waals surface area contributed by atoms with E-state index in [2.05, 4.69) is 19.2 Å². The van der Waals surface area contributed by atoms with Gasteiger partial charge in [0, 0.05) is 17.3 Å². The van der Waals surface area contributed by atoms with Crippen molar-refractivity contribution in [2.45, 2.75) is 33.2 Å². The largest absolute Gasteiger partial charge is 0.377 e. The quantitative estimate of drug-likeness (QED) is 0.919. The molecule has 5 heteroatoms. The first kappa shape index (κ1) is 16.1. The van der Waals surface area contributed by atoms with Crippen LogP contribution < -0.4 is 5.32 Å². The van der Waals surface area contributed by atoms with Crippen molar-refractivity contribution in [2.75, 3.05) is 25.1 Å². The fourth-order valence-corrected chi connectivity index (χ4v) is 2.71. The smallest absolute Gasteiger partial charge is 0.322 e. The number of urea groups is 1. The number of morpholine rings is 1. The first-order valence-corrected chi connectivity index (χ1v) is 7.76. The van der Waals surface area contributed by atoms with Crippen LogP contribution in [0, 0.1) is 12.8 Å². The Kier molecular flexibility index (Phi) is 5.48. The van der Waals surface area contributed by atoms with Crippen molar-refractivity contribution in [3.63, 3.8) is 0 Å². The number of aryl methyl sites for hydroxylation is 1. The van der Waals surface area contributed by atoms with Crippen molar-refractivity contribution < 1.29 is 9.53 Å². The van der Waals surface area contributed by atoms with Crippen LogP contribution in [0.3, 0.4) is 0 Å². The Bertz CT molecular complexity index is 505. The van der Waals surface area contributed by atoms with E-state index in [-0.39, 0.29) is 12.1 Å². The number of carbonyl (C=O) groups excluding carboxylic acids is 1. The van der Waals surface area contributed by atoms with Gasteiger partial charge >= 0.3 is 6.03 Å². The van der Waals surface area contributed by atoms with E-state index in [1.54, 1.807) is 6.07 Å². The Morgan fingerprint density at radius 2 is 2.29 bits per heavy atom. The molecule has 0 bridgehead atoms. The monoisotopic (exact) mass is 310 g/mol. The molecule has 1 N–H and O–H groups in total. The molecule has 0 aromatic heterocycles. The van der Waals surface area contributed by atoms with Crippen LogP contribution in [0.15, 0.2) is 18.2 Å². The second-order valence-corrected chi connectivity index (χ2v) is 6.35. The summed E-state index contributed by atoms with van der Waals surface area (Å²) in [5, 5.41) is 3.59. The normalized spacial score (nSPS) is 18.9. The Hall–Kier alpha value is -1.26. The van der Waals surface area contributed by atoms with Gasteiger partial charge in [0.25, 0.3) is 0 Å². The third-order valence-electron chi connectivity index (χ3n) is 3.65. The highest BCUT2D eigenvalue weighted by Crippen LogP contribution is 2.21. The van der Waals surface area contributed by atoms with Gasteiger partial charge in [0.15, 0.2) is 0 Å². The third-order valence-corrected chi connectivity index (χ3v) is 4.06. The molecule has 116 valence electrons. The van der Waals surface area contributed by atoms with E-state index < -0.39 is 0 Å². The van der Waals surface area contributed by atoms with Crippen LogP contribution in [-0.4, -0.2) is 36.7 Å². The highest BCUT2D eigenvalue weighted by molar-refractivity contribution is 6.31. The number of nitrogens with zero attached hydrogens (tertiary/aromatic N) is 1. The summed E-state index contributed by atoms with van der Waals surface area (Å²) in [6.45, 7) is 8.09. The number of benzene rings is 1. The minimum Gasteiger partial charge on any atom is -0.377 e. The molecule has 1 fully saturated rings. The van der Waals surface area contributed by atoms with Gasteiger partial charge < -0.3 is 15.0 Å². The van der Waals surface area contributed by atoms with Crippen molar-refractivity contribution >= 4 is 23.3 Å². The molecule has 0 spiro atoms. The predicted molar refractivity (Wildman–Crippen MR) is 86.0 cm³/mol. The zero-order valence-corrected chi connectivity index (χ0v) is 13.6. The lowest BCUT2D eigenvalue weighted by molar-refractivity contribution is 0.00857. The lowest BCUT2D eigenvalue weighted by Gasteiger charge is -2.36. The number of anilines is 1. The molecule has 1 aromatic rings. The number of nitrogens with one attached hydrogen (secondary N) is 1. The van der Waals surface area contributed by atoms with Crippen molar-refractivity contribution in [1.29, 1.82) is 0 Å². The van der Waals surface area contributed by atoms with Crippen LogP contribution >= 0.6 is 11.6 Å². The van der Waals surface area contributed by atoms with Crippen LogP contribution in [0.4, 0.5) is 10.5 Å². The highest BCUT2D eigenvalue weighted by Gasteiger charge is 2.27. The molecular weight excluding hydrogens is 288 g/mol. The molecule has 0 saturated carbocycles. The number of halogens is 1. The fraction of sp³-hybridized carbons (Fsp3) is 0.562. The molecular formula is C16H23ClN2O2. The van der Waals surface area contributed by atoms with Crippen LogP contribution in [0.1, 0.15) is 25.8 Å². The highest BCUT2D eigenvalue weighted by atomic mass is 35.5. The van der Waals surface area contributed by atoms with E-state index in [0.29, 0.717) is 30.7 Å². The van der Waals surface area contributed by atoms with Crippen molar-refractivity contribution in [2.24, 2.45) is 5.92 Å². The molecule has 21 heavy (non-hydrogen) atoms. The summed E-state index contributed by atoms with van der Waals surface area (Å²) >= 11 is 6.10. The first-order chi connectivity index (χ1) is 9.97. The lowest BCUT2D eigenvalue weighted by Crippen LogP contribution is -2.50. The number of hydrogen-bond acceptors (Lipinski definition) is 2. The minimum atomic E-state index is -0.0798. The van der Waals surface area contributed by atoms with E-state index >= 15 is 0 Å². The van der Waals surface area contributed by atoms with Crippen molar-refractivity contribution in [1.82, 2.24) is 4.90 Å². The molecule has 1 aliphatic heterocycles. The number of amides is 2. The Morgan fingerprint density at radius 1 is 1.52 bits per heavy atom. The predicted octanol–water partition coefficient (Wildman–Crippen LogP) is 3.93. The van der Waals surface area contributed by atoms with E-state index in [4.69, 9.17) is 16.3 Å². The maximum Gasteiger partial charge on any atom is 0.322 e. The van der Waals surface area contributed by atoms with Gasteiger partial charge in [-0.3, -0.25) is 0 Å². The molecule has 4 nitrogen and oxygen atoms in total. The Morgan fingerprint density at radius 3 is 2.95 bits per heavy atom. The molecule has 0 radical (unpaired) electrons. The molecule has 1 heterocycles. The zero-order valence-electron chi connectivity index (χ0n) is 12.9. The van der Waals surface area contributed by atoms with Crippen molar-refractivity contribution in [3.8, 4) is 0 Å². The van der Waals surface area contributed by atoms with E-state index in [1.807, 2.05) is 24.0 Å². The van der Waals surface area contributed by atoms with Gasteiger partial charge in [-0.15, -0.1) is 0 Å². The van der Waals surface area contributed by atoms with E-state index in [1.165, 1.54) is 0 Å². The number of carbonyl (C=O) groups is 1. The summed E-state index contributed by atoms with van der Waals surface area (Å²) < 4.78 is 5.51. The topological polar surface area (TPSA) is 41.6 Å². The number of ether oxygens (including phenoxy) is 1. The summed E-state index contributed by atoms with van der Waals surface area (Å²) in [7, 11) is 0. The number of rotatable bonds is 3. The molecule has 2 rings (SSSR count). The van der Waals surface area contributed by atoms with Gasteiger partial charge in [-0.05, 0) is 37.0 Å². The standard InChI is InChI=1S/C16H23ClN2O2/c1-11(2)8-14-10-21-7-6-19(14)16(20)18-13-5-4-12(3)15(17)9-13/h4-5,9,11,14H,6-8,10H2,1-3H3,(H,18,20). The van der Waals surface area contributed by atoms with Gasteiger partial charge in [0.1, 0.15) is 0 Å². The Labute approximate surface area is 131 Å². The van der Waals surface area contributed by atoms with Gasteiger partial charge in [-0.1, -0.05) is 31.5 Å². The summed E-state index contributed by atoms with van der Waals surface area (Å²) in [6.07, 6.45) is 0.947. The van der Waals surface area contributed by atoms with E-state index in [0.717, 1.165) is 17.7 Å². The van der Waals surface area contributed by atoms with Crippen LogP contribution in [0.5, 0.6) is 0 Å². The summed E-state index contributed by atoms with van der Waals surface area (Å²) in [4.78, 5) is 14.3. The fourth-order valence-electron chi connectivity index (χ4n) is 2.53. The maximum absolute atomic E-state index is 12.5. The van der Waals surface area contributed by atoms with Crippen LogP contribution in [0.25, 0.3) is 0 Å². The van der Waals surface area contributed by atoms with Crippen LogP contribution in [-0.2, 0) is 4.74 Å². The SMILES string of the molecule is Cc1ccc(NC(=O)N2CCOCC2CC(C)C)cc1Cl. The van der Waals surface area contributed by atoms with Crippen molar-refractivity contribution in [3.05, 3.63) is 28.8 Å². The molecule has 2 amide bonds. The number of hydrogen-bond donors (Lipinski definition) is 1. The second-order valence-electron chi connectivity index (χ2n) is 5.95. The molecule has 1 atom stereocenters. The zero-order chi connectivity index (χ0) is 15.4. The first-order valence-electron chi connectivity index (χ1n) is 7.39. The average Bonchev–Trinajstić information content (AvgIpc) is 2.43. The summed E-state index contributed by atoms with van der Waals surface area (Å²) in [5.41, 5.74) is 1.73. The molecule has 1 unspecified atom stereocenters. The lowest BCUT2D eigenvalue weighted by atomic mass is 10.0. The van der Waals surface area contributed by atoms with E-state index in [9.17, 15) is 4.79 Å². The molecule has 1 aromatic carbocycles. The molecule has 1 aliphatic rings.